The molecular weight excluding hydrogens is 353 g/mol. The van der Waals surface area contributed by atoms with Crippen LogP contribution in [0.1, 0.15) is 25.8 Å². The van der Waals surface area contributed by atoms with E-state index in [2.05, 4.69) is 29.5 Å². The molecule has 1 aromatic rings. The topological polar surface area (TPSA) is 45.7 Å². The van der Waals surface area contributed by atoms with Crippen molar-refractivity contribution in [1.29, 1.82) is 0 Å². The van der Waals surface area contributed by atoms with E-state index in [1.54, 1.807) is 14.2 Å². The Bertz CT molecular complexity index is 379. The van der Waals surface area contributed by atoms with Gasteiger partial charge in [-0.3, -0.25) is 4.99 Å². The third-order valence-electron chi connectivity index (χ3n) is 2.84. The zero-order valence-electron chi connectivity index (χ0n) is 12.1. The lowest BCUT2D eigenvalue weighted by atomic mass is 10.2. The van der Waals surface area contributed by atoms with Gasteiger partial charge in [0.25, 0.3) is 0 Å². The van der Waals surface area contributed by atoms with Crippen LogP contribution in [0.3, 0.4) is 0 Å². The molecule has 0 bridgehead atoms. The number of ether oxygens (including phenoxy) is 1. The Kier molecular flexibility index (Phi) is 9.38. The molecule has 0 aliphatic rings. The first kappa shape index (κ1) is 18.0. The Morgan fingerprint density at radius 1 is 1.32 bits per heavy atom. The van der Waals surface area contributed by atoms with E-state index in [1.807, 2.05) is 24.3 Å². The molecule has 1 unspecified atom stereocenters. The zero-order valence-corrected chi connectivity index (χ0v) is 14.4. The van der Waals surface area contributed by atoms with Crippen LogP contribution < -0.4 is 15.4 Å². The lowest BCUT2D eigenvalue weighted by Crippen LogP contribution is -2.41. The quantitative estimate of drug-likeness (QED) is 0.471. The molecule has 0 aliphatic carbocycles. The van der Waals surface area contributed by atoms with Crippen molar-refractivity contribution in [2.75, 3.05) is 14.2 Å². The highest BCUT2D eigenvalue weighted by molar-refractivity contribution is 14.0. The van der Waals surface area contributed by atoms with Gasteiger partial charge in [0.05, 0.1) is 7.11 Å². The standard InChI is InChI=1S/C14H23N3O.HI/c1-5-11(2)17-14(15-3)16-10-12-6-8-13(18-4)9-7-12;/h6-9,11H,5,10H2,1-4H3,(H2,15,16,17);1H. The zero-order chi connectivity index (χ0) is 13.4. The minimum atomic E-state index is 0. The van der Waals surface area contributed by atoms with Crippen molar-refractivity contribution in [3.8, 4) is 5.75 Å². The average molecular weight is 377 g/mol. The summed E-state index contributed by atoms with van der Waals surface area (Å²) in [6.07, 6.45) is 1.07. The summed E-state index contributed by atoms with van der Waals surface area (Å²) in [6.45, 7) is 5.04. The molecule has 4 nitrogen and oxygen atoms in total. The average Bonchev–Trinajstić information content (AvgIpc) is 2.43. The van der Waals surface area contributed by atoms with Crippen molar-refractivity contribution < 1.29 is 4.74 Å². The number of aliphatic imine (C=N–C) groups is 1. The smallest absolute Gasteiger partial charge is 0.191 e. The molecule has 0 fully saturated rings. The highest BCUT2D eigenvalue weighted by Crippen LogP contribution is 2.10. The maximum absolute atomic E-state index is 5.13. The number of benzene rings is 1. The van der Waals surface area contributed by atoms with Gasteiger partial charge in [-0.05, 0) is 31.0 Å². The molecule has 2 N–H and O–H groups in total. The van der Waals surface area contributed by atoms with Crippen molar-refractivity contribution in [1.82, 2.24) is 10.6 Å². The van der Waals surface area contributed by atoms with Crippen LogP contribution in [0.4, 0.5) is 0 Å². The highest BCUT2D eigenvalue weighted by atomic mass is 127. The van der Waals surface area contributed by atoms with Crippen LogP contribution in [0, 0.1) is 0 Å². The van der Waals surface area contributed by atoms with Crippen molar-refractivity contribution >= 4 is 29.9 Å². The van der Waals surface area contributed by atoms with Crippen LogP contribution in [0.2, 0.25) is 0 Å². The first-order valence-corrected chi connectivity index (χ1v) is 6.29. The molecule has 0 aliphatic heterocycles. The summed E-state index contributed by atoms with van der Waals surface area (Å²) >= 11 is 0. The van der Waals surface area contributed by atoms with Crippen molar-refractivity contribution in [2.45, 2.75) is 32.9 Å². The van der Waals surface area contributed by atoms with Gasteiger partial charge in [0.15, 0.2) is 5.96 Å². The van der Waals surface area contributed by atoms with E-state index in [9.17, 15) is 0 Å². The van der Waals surface area contributed by atoms with Gasteiger partial charge >= 0.3 is 0 Å². The fourth-order valence-electron chi connectivity index (χ4n) is 1.46. The number of nitrogens with one attached hydrogen (secondary N) is 2. The monoisotopic (exact) mass is 377 g/mol. The SMILES string of the molecule is CCC(C)NC(=NC)NCc1ccc(OC)cc1.I. The van der Waals surface area contributed by atoms with E-state index in [-0.39, 0.29) is 24.0 Å². The largest absolute Gasteiger partial charge is 0.497 e. The van der Waals surface area contributed by atoms with Gasteiger partial charge in [0.2, 0.25) is 0 Å². The van der Waals surface area contributed by atoms with Gasteiger partial charge in [-0.25, -0.2) is 0 Å². The molecule has 0 aromatic heterocycles. The summed E-state index contributed by atoms with van der Waals surface area (Å²) in [5.41, 5.74) is 1.20. The summed E-state index contributed by atoms with van der Waals surface area (Å²) in [5.74, 6) is 1.71. The molecule has 19 heavy (non-hydrogen) atoms. The van der Waals surface area contributed by atoms with Crippen LogP contribution in [0.25, 0.3) is 0 Å². The van der Waals surface area contributed by atoms with Gasteiger partial charge in [0.1, 0.15) is 5.75 Å². The molecule has 0 saturated heterocycles. The number of nitrogens with zero attached hydrogens (tertiary/aromatic N) is 1. The fraction of sp³-hybridized carbons (Fsp3) is 0.500. The molecule has 0 saturated carbocycles. The van der Waals surface area contributed by atoms with Gasteiger partial charge in [-0.15, -0.1) is 24.0 Å². The second kappa shape index (κ2) is 9.89. The van der Waals surface area contributed by atoms with E-state index >= 15 is 0 Å². The Morgan fingerprint density at radius 3 is 2.42 bits per heavy atom. The number of methoxy groups -OCH3 is 1. The normalized spacial score (nSPS) is 12.3. The molecule has 108 valence electrons. The molecule has 1 aromatic carbocycles. The van der Waals surface area contributed by atoms with Gasteiger partial charge in [-0.2, -0.15) is 0 Å². The molecule has 0 radical (unpaired) electrons. The summed E-state index contributed by atoms with van der Waals surface area (Å²) in [7, 11) is 3.46. The molecule has 1 atom stereocenters. The lowest BCUT2D eigenvalue weighted by molar-refractivity contribution is 0.414. The Morgan fingerprint density at radius 2 is 1.95 bits per heavy atom. The maximum Gasteiger partial charge on any atom is 0.191 e. The summed E-state index contributed by atoms with van der Waals surface area (Å²) in [6, 6.07) is 8.43. The third kappa shape index (κ3) is 6.66. The minimum Gasteiger partial charge on any atom is -0.497 e. The van der Waals surface area contributed by atoms with Crippen LogP contribution in [0.15, 0.2) is 29.3 Å². The number of hydrogen-bond acceptors (Lipinski definition) is 2. The van der Waals surface area contributed by atoms with Crippen LogP contribution in [-0.4, -0.2) is 26.2 Å². The van der Waals surface area contributed by atoms with E-state index in [0.717, 1.165) is 24.7 Å². The van der Waals surface area contributed by atoms with Crippen molar-refractivity contribution in [3.05, 3.63) is 29.8 Å². The summed E-state index contributed by atoms with van der Waals surface area (Å²) in [5, 5.41) is 6.61. The molecule has 0 heterocycles. The van der Waals surface area contributed by atoms with E-state index < -0.39 is 0 Å². The Hall–Kier alpha value is -0.980. The molecule has 0 spiro atoms. The highest BCUT2D eigenvalue weighted by Gasteiger charge is 2.02. The van der Waals surface area contributed by atoms with Crippen molar-refractivity contribution in [3.63, 3.8) is 0 Å². The van der Waals surface area contributed by atoms with Gasteiger partial charge in [0, 0.05) is 19.6 Å². The predicted octanol–water partition coefficient (Wildman–Crippen LogP) is 2.78. The first-order chi connectivity index (χ1) is 8.69. The van der Waals surface area contributed by atoms with Crippen molar-refractivity contribution in [2.24, 2.45) is 4.99 Å². The second-order valence-electron chi connectivity index (χ2n) is 4.23. The number of hydrogen-bond donors (Lipinski definition) is 2. The number of guanidine groups is 1. The van der Waals surface area contributed by atoms with Crippen LogP contribution in [0.5, 0.6) is 5.75 Å². The number of rotatable bonds is 5. The summed E-state index contributed by atoms with van der Waals surface area (Å²) in [4.78, 5) is 4.19. The molecular formula is C14H24IN3O. The first-order valence-electron chi connectivity index (χ1n) is 6.29. The molecule has 1 rings (SSSR count). The molecule has 0 amide bonds. The Balaban J connectivity index is 0.00000324. The van der Waals surface area contributed by atoms with E-state index in [1.165, 1.54) is 5.56 Å². The van der Waals surface area contributed by atoms with E-state index in [0.29, 0.717) is 6.04 Å². The Labute approximate surface area is 133 Å². The number of halogens is 1. The summed E-state index contributed by atoms with van der Waals surface area (Å²) < 4.78 is 5.13. The van der Waals surface area contributed by atoms with Crippen LogP contribution >= 0.6 is 24.0 Å². The lowest BCUT2D eigenvalue weighted by Gasteiger charge is -2.16. The van der Waals surface area contributed by atoms with Crippen LogP contribution in [-0.2, 0) is 6.54 Å². The minimum absolute atomic E-state index is 0. The second-order valence-corrected chi connectivity index (χ2v) is 4.23. The molecule has 5 heteroatoms. The van der Waals surface area contributed by atoms with Gasteiger partial charge in [-0.1, -0.05) is 19.1 Å². The van der Waals surface area contributed by atoms with E-state index in [4.69, 9.17) is 4.74 Å². The fourth-order valence-corrected chi connectivity index (χ4v) is 1.46. The third-order valence-corrected chi connectivity index (χ3v) is 2.84. The predicted molar refractivity (Wildman–Crippen MR) is 91.5 cm³/mol. The maximum atomic E-state index is 5.13. The van der Waals surface area contributed by atoms with Gasteiger partial charge < -0.3 is 15.4 Å².